The molecule has 1 aliphatic rings. The normalized spacial score (nSPS) is 19.7. The van der Waals surface area contributed by atoms with Crippen LogP contribution < -0.4 is 5.32 Å². The smallest absolute Gasteiger partial charge is 0.293 e. The summed E-state index contributed by atoms with van der Waals surface area (Å²) in [5, 5.41) is 14.1. The maximum Gasteiger partial charge on any atom is 0.293 e. The van der Waals surface area contributed by atoms with Crippen LogP contribution in [0.1, 0.15) is 16.8 Å². The summed E-state index contributed by atoms with van der Waals surface area (Å²) in [6.45, 7) is 1.85. The Morgan fingerprint density at radius 3 is 2.89 bits per heavy atom. The number of likely N-dealkylation sites (tertiary alicyclic amines) is 1. The molecule has 6 heteroatoms. The molecule has 1 aromatic carbocycles. The van der Waals surface area contributed by atoms with E-state index in [1.165, 1.54) is 6.07 Å². The number of hydrogen-bond acceptors (Lipinski definition) is 5. The Kier molecular flexibility index (Phi) is 3.57. The minimum atomic E-state index is -0.464. The molecule has 0 saturated carbocycles. The quantitative estimate of drug-likeness (QED) is 0.497. The molecule has 1 fully saturated rings. The number of nitrogens with zero attached hydrogens (tertiary/aromatic N) is 2. The van der Waals surface area contributed by atoms with E-state index in [4.69, 9.17) is 0 Å². The van der Waals surface area contributed by atoms with Crippen molar-refractivity contribution in [2.45, 2.75) is 12.5 Å². The molecule has 1 N–H and O–H groups in total. The van der Waals surface area contributed by atoms with E-state index in [0.29, 0.717) is 17.5 Å². The zero-order valence-corrected chi connectivity index (χ0v) is 10.1. The molecule has 0 radical (unpaired) electrons. The first-order valence-electron chi connectivity index (χ1n) is 5.79. The molecule has 1 aromatic rings. The highest BCUT2D eigenvalue weighted by Gasteiger charge is 2.22. The summed E-state index contributed by atoms with van der Waals surface area (Å²) in [6.07, 6.45) is 1.57. The fourth-order valence-corrected chi connectivity index (χ4v) is 2.17. The number of likely N-dealkylation sites (N-methyl/N-ethyl adjacent to an activating group) is 1. The topological polar surface area (TPSA) is 75.5 Å². The van der Waals surface area contributed by atoms with Crippen molar-refractivity contribution in [1.82, 2.24) is 4.90 Å². The number of carbonyl (C=O) groups excluding carboxylic acids is 1. The second-order valence-corrected chi connectivity index (χ2v) is 4.54. The lowest BCUT2D eigenvalue weighted by molar-refractivity contribution is -0.384. The number of nitro groups is 1. The van der Waals surface area contributed by atoms with Gasteiger partial charge in [-0.2, -0.15) is 0 Å². The molecule has 2 rings (SSSR count). The molecule has 0 spiro atoms. The number of hydrogen-bond donors (Lipinski definition) is 1. The maximum atomic E-state index is 11.0. The van der Waals surface area contributed by atoms with Crippen molar-refractivity contribution in [2.75, 3.05) is 25.5 Å². The molecule has 1 unspecified atom stereocenters. The summed E-state index contributed by atoms with van der Waals surface area (Å²) < 4.78 is 0. The largest absolute Gasteiger partial charge is 0.375 e. The molecule has 96 valence electrons. The van der Waals surface area contributed by atoms with Crippen LogP contribution in [0.25, 0.3) is 0 Å². The molecule has 1 heterocycles. The van der Waals surface area contributed by atoms with Crippen molar-refractivity contribution in [2.24, 2.45) is 0 Å². The van der Waals surface area contributed by atoms with Crippen LogP contribution in [0.15, 0.2) is 18.2 Å². The van der Waals surface area contributed by atoms with E-state index in [-0.39, 0.29) is 11.7 Å². The average molecular weight is 249 g/mol. The van der Waals surface area contributed by atoms with Crippen LogP contribution in [0.3, 0.4) is 0 Å². The third kappa shape index (κ3) is 2.65. The second kappa shape index (κ2) is 5.14. The average Bonchev–Trinajstić information content (AvgIpc) is 2.75. The zero-order valence-electron chi connectivity index (χ0n) is 10.1. The van der Waals surface area contributed by atoms with E-state index in [2.05, 4.69) is 10.2 Å². The summed E-state index contributed by atoms with van der Waals surface area (Å²) in [4.78, 5) is 23.3. The molecule has 1 saturated heterocycles. The summed E-state index contributed by atoms with van der Waals surface area (Å²) in [7, 11) is 2.02. The Hall–Kier alpha value is -1.95. The van der Waals surface area contributed by atoms with Gasteiger partial charge in [-0.15, -0.1) is 0 Å². The van der Waals surface area contributed by atoms with Gasteiger partial charge in [0.25, 0.3) is 5.69 Å². The fourth-order valence-electron chi connectivity index (χ4n) is 2.17. The summed E-state index contributed by atoms with van der Waals surface area (Å²) in [5.74, 6) is 0. The molecule has 0 aromatic heterocycles. The Morgan fingerprint density at radius 2 is 2.33 bits per heavy atom. The first-order valence-corrected chi connectivity index (χ1v) is 5.79. The lowest BCUT2D eigenvalue weighted by Crippen LogP contribution is -2.23. The van der Waals surface area contributed by atoms with Gasteiger partial charge in [-0.05, 0) is 32.1 Å². The Labute approximate surface area is 105 Å². The monoisotopic (exact) mass is 249 g/mol. The molecule has 1 aliphatic heterocycles. The van der Waals surface area contributed by atoms with Crippen LogP contribution in [0.5, 0.6) is 0 Å². The van der Waals surface area contributed by atoms with Crippen LogP contribution in [-0.2, 0) is 0 Å². The Morgan fingerprint density at radius 1 is 1.56 bits per heavy atom. The second-order valence-electron chi connectivity index (χ2n) is 4.54. The summed E-state index contributed by atoms with van der Waals surface area (Å²) in [6, 6.07) is 4.70. The van der Waals surface area contributed by atoms with Crippen LogP contribution in [0.4, 0.5) is 11.4 Å². The molecule has 1 atom stereocenters. The predicted molar refractivity (Wildman–Crippen MR) is 68.0 cm³/mol. The van der Waals surface area contributed by atoms with Crippen molar-refractivity contribution in [3.05, 3.63) is 33.9 Å². The standard InChI is InChI=1S/C12H15N3O3/c1-14-5-4-10(7-14)13-11-3-2-9(8-16)6-12(11)15(17)18/h2-3,6,8,10,13H,4-5,7H2,1H3. The summed E-state index contributed by atoms with van der Waals surface area (Å²) >= 11 is 0. The Bertz CT molecular complexity index is 476. The number of nitro benzene ring substituents is 1. The van der Waals surface area contributed by atoms with E-state index in [1.54, 1.807) is 12.1 Å². The first-order chi connectivity index (χ1) is 8.60. The van der Waals surface area contributed by atoms with Crippen molar-refractivity contribution in [3.63, 3.8) is 0 Å². The van der Waals surface area contributed by atoms with Crippen molar-refractivity contribution in [3.8, 4) is 0 Å². The van der Waals surface area contributed by atoms with Gasteiger partial charge in [0, 0.05) is 24.2 Å². The molecule has 0 bridgehead atoms. The summed E-state index contributed by atoms with van der Waals surface area (Å²) in [5.41, 5.74) is 0.746. The minimum absolute atomic E-state index is 0.0471. The van der Waals surface area contributed by atoms with Crippen LogP contribution >= 0.6 is 0 Å². The third-order valence-corrected chi connectivity index (χ3v) is 3.11. The van der Waals surface area contributed by atoms with E-state index in [9.17, 15) is 14.9 Å². The van der Waals surface area contributed by atoms with Gasteiger partial charge in [0.15, 0.2) is 0 Å². The number of anilines is 1. The minimum Gasteiger partial charge on any atom is -0.375 e. The van der Waals surface area contributed by atoms with Gasteiger partial charge in [-0.25, -0.2) is 0 Å². The van der Waals surface area contributed by atoms with Crippen LogP contribution in [0, 0.1) is 10.1 Å². The van der Waals surface area contributed by atoms with E-state index < -0.39 is 4.92 Å². The number of nitrogens with one attached hydrogen (secondary N) is 1. The van der Waals surface area contributed by atoms with Gasteiger partial charge in [0.05, 0.1) is 4.92 Å². The highest BCUT2D eigenvalue weighted by atomic mass is 16.6. The van der Waals surface area contributed by atoms with Crippen molar-refractivity contribution in [1.29, 1.82) is 0 Å². The fraction of sp³-hybridized carbons (Fsp3) is 0.417. The third-order valence-electron chi connectivity index (χ3n) is 3.11. The van der Waals surface area contributed by atoms with Gasteiger partial charge in [0.2, 0.25) is 0 Å². The van der Waals surface area contributed by atoms with E-state index in [0.717, 1.165) is 19.5 Å². The SMILES string of the molecule is CN1CCC(Nc2ccc(C=O)cc2[N+](=O)[O-])C1. The van der Waals surface area contributed by atoms with Gasteiger partial charge >= 0.3 is 0 Å². The van der Waals surface area contributed by atoms with Crippen LogP contribution in [0.2, 0.25) is 0 Å². The number of rotatable bonds is 4. The molecular weight excluding hydrogens is 234 g/mol. The van der Waals surface area contributed by atoms with Gasteiger partial charge < -0.3 is 10.2 Å². The number of aldehydes is 1. The first kappa shape index (κ1) is 12.5. The highest BCUT2D eigenvalue weighted by Crippen LogP contribution is 2.27. The maximum absolute atomic E-state index is 11.0. The van der Waals surface area contributed by atoms with Gasteiger partial charge in [-0.3, -0.25) is 14.9 Å². The highest BCUT2D eigenvalue weighted by molar-refractivity contribution is 5.79. The predicted octanol–water partition coefficient (Wildman–Crippen LogP) is 1.52. The lowest BCUT2D eigenvalue weighted by atomic mass is 10.1. The molecular formula is C12H15N3O3. The van der Waals surface area contributed by atoms with Crippen molar-refractivity contribution >= 4 is 17.7 Å². The Balaban J connectivity index is 2.21. The van der Waals surface area contributed by atoms with Crippen molar-refractivity contribution < 1.29 is 9.72 Å². The zero-order chi connectivity index (χ0) is 13.1. The molecule has 0 aliphatic carbocycles. The molecule has 0 amide bonds. The molecule has 18 heavy (non-hydrogen) atoms. The number of carbonyl (C=O) groups is 1. The molecule has 6 nitrogen and oxygen atoms in total. The number of benzene rings is 1. The van der Waals surface area contributed by atoms with E-state index >= 15 is 0 Å². The lowest BCUT2D eigenvalue weighted by Gasteiger charge is -2.14. The van der Waals surface area contributed by atoms with Gasteiger partial charge in [0.1, 0.15) is 12.0 Å². The van der Waals surface area contributed by atoms with Crippen LogP contribution in [-0.4, -0.2) is 42.3 Å². The van der Waals surface area contributed by atoms with E-state index in [1.807, 2.05) is 7.05 Å². The van der Waals surface area contributed by atoms with Gasteiger partial charge in [-0.1, -0.05) is 0 Å².